The van der Waals surface area contributed by atoms with Crippen LogP contribution in [0.1, 0.15) is 5.56 Å². The highest BCUT2D eigenvalue weighted by molar-refractivity contribution is 5.93. The number of nitro groups is 1. The molecule has 0 bridgehead atoms. The Balaban J connectivity index is 1.53. The van der Waals surface area contributed by atoms with Gasteiger partial charge < -0.3 is 15.1 Å². The summed E-state index contributed by atoms with van der Waals surface area (Å²) in [5, 5.41) is 17.8. The maximum absolute atomic E-state index is 13.0. The second-order valence-corrected chi connectivity index (χ2v) is 6.60. The van der Waals surface area contributed by atoms with Crippen molar-refractivity contribution in [1.29, 1.82) is 0 Å². The Bertz CT molecular complexity index is 1270. The zero-order valence-corrected chi connectivity index (χ0v) is 15.6. The van der Waals surface area contributed by atoms with Crippen molar-refractivity contribution < 1.29 is 13.7 Å². The topological polar surface area (TPSA) is 97.4 Å². The van der Waals surface area contributed by atoms with Gasteiger partial charge in [0, 0.05) is 41.5 Å². The van der Waals surface area contributed by atoms with Crippen LogP contribution in [0.4, 0.5) is 27.1 Å². The van der Waals surface area contributed by atoms with Crippen molar-refractivity contribution in [2.24, 2.45) is 0 Å². The van der Waals surface area contributed by atoms with Gasteiger partial charge in [-0.1, -0.05) is 12.1 Å². The van der Waals surface area contributed by atoms with Crippen LogP contribution in [0.2, 0.25) is 0 Å². The van der Waals surface area contributed by atoms with E-state index in [1.54, 1.807) is 12.1 Å². The lowest BCUT2D eigenvalue weighted by molar-refractivity contribution is -0.384. The fraction of sp³-hybridized carbons (Fsp3) is 0.0455. The second-order valence-electron chi connectivity index (χ2n) is 6.60. The van der Waals surface area contributed by atoms with Crippen LogP contribution in [0.15, 0.2) is 82.0 Å². The molecule has 0 fully saturated rings. The summed E-state index contributed by atoms with van der Waals surface area (Å²) in [5.41, 5.74) is 2.52. The Labute approximate surface area is 169 Å². The monoisotopic (exact) mass is 405 g/mol. The largest absolute Gasteiger partial charge is 0.423 e. The van der Waals surface area contributed by atoms with Crippen molar-refractivity contribution in [1.82, 2.24) is 0 Å². The molecular formula is C22H16FN3O4. The molecule has 4 aromatic rings. The van der Waals surface area contributed by atoms with Crippen molar-refractivity contribution >= 4 is 33.7 Å². The average Bonchev–Trinajstić information content (AvgIpc) is 2.74. The number of nitrogens with one attached hydrogen (secondary N) is 2. The number of benzene rings is 3. The van der Waals surface area contributed by atoms with Gasteiger partial charge >= 0.3 is 5.63 Å². The summed E-state index contributed by atoms with van der Waals surface area (Å²) in [6.45, 7) is 0.543. The maximum Gasteiger partial charge on any atom is 0.338 e. The lowest BCUT2D eigenvalue weighted by atomic mass is 10.1. The zero-order valence-electron chi connectivity index (χ0n) is 15.6. The van der Waals surface area contributed by atoms with Crippen LogP contribution in [0.3, 0.4) is 0 Å². The minimum atomic E-state index is -0.559. The molecule has 0 amide bonds. The SMILES string of the molecule is O=c1cc(Nc2ccc(NCc3ccc(F)cc3)cc2)c2cc([N+](=O)[O-])ccc2o1. The molecule has 150 valence electrons. The summed E-state index contributed by atoms with van der Waals surface area (Å²) in [7, 11) is 0. The highest BCUT2D eigenvalue weighted by Gasteiger charge is 2.12. The number of hydrogen-bond donors (Lipinski definition) is 2. The minimum Gasteiger partial charge on any atom is -0.423 e. The van der Waals surface area contributed by atoms with Crippen molar-refractivity contribution in [3.63, 3.8) is 0 Å². The highest BCUT2D eigenvalue weighted by atomic mass is 19.1. The second kappa shape index (κ2) is 8.04. The number of fused-ring (bicyclic) bond motifs is 1. The Morgan fingerprint density at radius 3 is 2.33 bits per heavy atom. The first kappa shape index (κ1) is 19.1. The third-order valence-corrected chi connectivity index (χ3v) is 4.51. The first-order valence-electron chi connectivity index (χ1n) is 9.06. The van der Waals surface area contributed by atoms with Crippen molar-refractivity contribution in [2.45, 2.75) is 6.54 Å². The van der Waals surface area contributed by atoms with Gasteiger partial charge in [-0.05, 0) is 48.0 Å². The van der Waals surface area contributed by atoms with Crippen LogP contribution in [0, 0.1) is 15.9 Å². The molecule has 0 atom stereocenters. The molecule has 0 aliphatic carbocycles. The van der Waals surface area contributed by atoms with E-state index in [4.69, 9.17) is 4.42 Å². The van der Waals surface area contributed by atoms with Crippen LogP contribution in [0.25, 0.3) is 11.0 Å². The fourth-order valence-corrected chi connectivity index (χ4v) is 3.00. The van der Waals surface area contributed by atoms with E-state index in [-0.39, 0.29) is 17.1 Å². The quantitative estimate of drug-likeness (QED) is 0.260. The lowest BCUT2D eigenvalue weighted by Crippen LogP contribution is -2.02. The van der Waals surface area contributed by atoms with Gasteiger partial charge in [0.25, 0.3) is 5.69 Å². The van der Waals surface area contributed by atoms with Crippen molar-refractivity contribution in [3.05, 3.63) is 105 Å². The van der Waals surface area contributed by atoms with E-state index < -0.39 is 10.5 Å². The molecule has 2 N–H and O–H groups in total. The molecule has 4 rings (SSSR count). The van der Waals surface area contributed by atoms with E-state index in [1.807, 2.05) is 24.3 Å². The molecule has 0 spiro atoms. The predicted octanol–water partition coefficient (Wildman–Crippen LogP) is 5.20. The van der Waals surface area contributed by atoms with Gasteiger partial charge in [-0.3, -0.25) is 10.1 Å². The van der Waals surface area contributed by atoms with Gasteiger partial charge in [0.05, 0.1) is 10.6 Å². The van der Waals surface area contributed by atoms with Gasteiger partial charge in [0.15, 0.2) is 0 Å². The number of nitrogens with zero attached hydrogens (tertiary/aromatic N) is 1. The Kier molecular flexibility index (Phi) is 5.13. The summed E-state index contributed by atoms with van der Waals surface area (Å²) < 4.78 is 18.1. The molecule has 8 heteroatoms. The Morgan fingerprint density at radius 1 is 0.933 bits per heavy atom. The number of rotatable bonds is 6. The molecule has 0 radical (unpaired) electrons. The van der Waals surface area contributed by atoms with Gasteiger partial charge in [-0.2, -0.15) is 0 Å². The summed E-state index contributed by atoms with van der Waals surface area (Å²) in [6.07, 6.45) is 0. The number of anilines is 3. The van der Waals surface area contributed by atoms with E-state index in [0.717, 1.165) is 11.3 Å². The van der Waals surface area contributed by atoms with E-state index in [1.165, 1.54) is 36.4 Å². The standard InChI is InChI=1S/C22H16FN3O4/c23-15-3-1-14(2-4-15)13-24-16-5-7-17(8-6-16)25-20-12-22(27)30-21-10-9-18(26(28)29)11-19(20)21/h1-12,24-25H,13H2. The third-order valence-electron chi connectivity index (χ3n) is 4.51. The molecule has 7 nitrogen and oxygen atoms in total. The molecule has 0 saturated heterocycles. The Hall–Kier alpha value is -4.20. The van der Waals surface area contributed by atoms with Crippen LogP contribution in [-0.2, 0) is 6.54 Å². The molecule has 0 aliphatic rings. The summed E-state index contributed by atoms with van der Waals surface area (Å²) in [5.74, 6) is -0.276. The molecule has 3 aromatic carbocycles. The molecule has 0 saturated carbocycles. The summed E-state index contributed by atoms with van der Waals surface area (Å²) in [6, 6.07) is 18.9. The van der Waals surface area contributed by atoms with Crippen LogP contribution in [0.5, 0.6) is 0 Å². The lowest BCUT2D eigenvalue weighted by Gasteiger charge is -2.11. The molecule has 30 heavy (non-hydrogen) atoms. The molecule has 1 aromatic heterocycles. The van der Waals surface area contributed by atoms with Crippen molar-refractivity contribution in [3.8, 4) is 0 Å². The maximum atomic E-state index is 13.0. The molecule has 0 unspecified atom stereocenters. The summed E-state index contributed by atoms with van der Waals surface area (Å²) in [4.78, 5) is 22.4. The first-order valence-corrected chi connectivity index (χ1v) is 9.06. The van der Waals surface area contributed by atoms with E-state index >= 15 is 0 Å². The van der Waals surface area contributed by atoms with Crippen molar-refractivity contribution in [2.75, 3.05) is 10.6 Å². The normalized spacial score (nSPS) is 10.7. The van der Waals surface area contributed by atoms with Gasteiger partial charge in [-0.15, -0.1) is 0 Å². The molecule has 1 heterocycles. The number of halogens is 1. The van der Waals surface area contributed by atoms with Crippen LogP contribution >= 0.6 is 0 Å². The van der Waals surface area contributed by atoms with Crippen LogP contribution < -0.4 is 16.3 Å². The van der Waals surface area contributed by atoms with E-state index in [9.17, 15) is 19.3 Å². The highest BCUT2D eigenvalue weighted by Crippen LogP contribution is 2.28. The van der Waals surface area contributed by atoms with Gasteiger partial charge in [0.2, 0.25) is 0 Å². The van der Waals surface area contributed by atoms with E-state index in [2.05, 4.69) is 10.6 Å². The minimum absolute atomic E-state index is 0.0975. The summed E-state index contributed by atoms with van der Waals surface area (Å²) >= 11 is 0. The van der Waals surface area contributed by atoms with Gasteiger partial charge in [-0.25, -0.2) is 9.18 Å². The smallest absolute Gasteiger partial charge is 0.338 e. The molecule has 0 aliphatic heterocycles. The fourth-order valence-electron chi connectivity index (χ4n) is 3.00. The number of non-ortho nitro benzene ring substituents is 1. The zero-order chi connectivity index (χ0) is 21.1. The first-order chi connectivity index (χ1) is 14.5. The predicted molar refractivity (Wildman–Crippen MR) is 113 cm³/mol. The average molecular weight is 405 g/mol. The van der Waals surface area contributed by atoms with Crippen LogP contribution in [-0.4, -0.2) is 4.92 Å². The number of nitro benzene ring substituents is 1. The van der Waals surface area contributed by atoms with Gasteiger partial charge in [0.1, 0.15) is 11.4 Å². The third kappa shape index (κ3) is 4.27. The molecular weight excluding hydrogens is 389 g/mol. The number of hydrogen-bond acceptors (Lipinski definition) is 6. The Morgan fingerprint density at radius 2 is 1.63 bits per heavy atom. The van der Waals surface area contributed by atoms with E-state index in [0.29, 0.717) is 23.3 Å².